The predicted molar refractivity (Wildman–Crippen MR) is 56.6 cm³/mol. The number of rotatable bonds is 3. The third kappa shape index (κ3) is 1.82. The van der Waals surface area contributed by atoms with Crippen molar-refractivity contribution in [3.8, 4) is 0 Å². The highest BCUT2D eigenvalue weighted by atomic mass is 79.9. The summed E-state index contributed by atoms with van der Waals surface area (Å²) in [6, 6.07) is 0. The molecule has 0 fully saturated rings. The minimum Gasteiger partial charge on any atom is -0.476 e. The first-order valence-electron chi connectivity index (χ1n) is 4.48. The molecular weight excluding hydrogens is 248 g/mol. The molecule has 0 saturated heterocycles. The van der Waals surface area contributed by atoms with Gasteiger partial charge in [-0.05, 0) is 28.8 Å². The molecular formula is C9H13BrN2O2. The Balaban J connectivity index is 3.35. The summed E-state index contributed by atoms with van der Waals surface area (Å²) in [5.74, 6) is -0.822. The van der Waals surface area contributed by atoms with Crippen molar-refractivity contribution in [1.29, 1.82) is 0 Å². The maximum atomic E-state index is 10.9. The Labute approximate surface area is 91.1 Å². The van der Waals surface area contributed by atoms with Gasteiger partial charge in [0.25, 0.3) is 0 Å². The first-order valence-corrected chi connectivity index (χ1v) is 5.27. The normalized spacial score (nSPS) is 10.9. The number of hydrogen-bond acceptors (Lipinski definition) is 2. The van der Waals surface area contributed by atoms with Gasteiger partial charge in [0.15, 0.2) is 5.69 Å². The predicted octanol–water partition coefficient (Wildman–Crippen LogP) is 2.49. The van der Waals surface area contributed by atoms with Crippen LogP contribution >= 0.6 is 15.9 Å². The summed E-state index contributed by atoms with van der Waals surface area (Å²) < 4.78 is 2.42. The highest BCUT2D eigenvalue weighted by Crippen LogP contribution is 2.28. The Bertz CT molecular complexity index is 358. The summed E-state index contributed by atoms with van der Waals surface area (Å²) in [4.78, 5) is 10.9. The van der Waals surface area contributed by atoms with Crippen LogP contribution in [0.3, 0.4) is 0 Å². The molecule has 14 heavy (non-hydrogen) atoms. The van der Waals surface area contributed by atoms with E-state index < -0.39 is 5.97 Å². The molecule has 0 bridgehead atoms. The monoisotopic (exact) mass is 260 g/mol. The number of aromatic carboxylic acids is 1. The topological polar surface area (TPSA) is 55.1 Å². The molecule has 1 N–H and O–H groups in total. The number of aromatic nitrogens is 2. The maximum Gasteiger partial charge on any atom is 0.356 e. The molecule has 0 atom stereocenters. The molecule has 0 amide bonds. The van der Waals surface area contributed by atoms with E-state index in [1.165, 1.54) is 0 Å². The highest BCUT2D eigenvalue weighted by molar-refractivity contribution is 9.10. The number of nitrogens with zero attached hydrogens (tertiary/aromatic N) is 2. The number of carboxylic acids is 1. The van der Waals surface area contributed by atoms with E-state index in [1.54, 1.807) is 4.68 Å². The van der Waals surface area contributed by atoms with Crippen LogP contribution in [-0.2, 0) is 6.54 Å². The van der Waals surface area contributed by atoms with Crippen LogP contribution in [0.15, 0.2) is 4.60 Å². The molecule has 1 aromatic heterocycles. The zero-order valence-corrected chi connectivity index (χ0v) is 10.00. The molecule has 1 heterocycles. The molecule has 0 aromatic carbocycles. The van der Waals surface area contributed by atoms with Crippen molar-refractivity contribution in [2.24, 2.45) is 0 Å². The molecule has 0 saturated carbocycles. The molecule has 0 spiro atoms. The zero-order valence-electron chi connectivity index (χ0n) is 8.41. The van der Waals surface area contributed by atoms with Crippen molar-refractivity contribution in [2.75, 3.05) is 0 Å². The average molecular weight is 261 g/mol. The van der Waals surface area contributed by atoms with Gasteiger partial charge >= 0.3 is 5.97 Å². The third-order valence-corrected chi connectivity index (χ3v) is 2.84. The summed E-state index contributed by atoms with van der Waals surface area (Å²) in [5, 5.41) is 13.0. The second kappa shape index (κ2) is 4.13. The van der Waals surface area contributed by atoms with E-state index in [0.29, 0.717) is 6.54 Å². The Morgan fingerprint density at radius 3 is 2.50 bits per heavy atom. The maximum absolute atomic E-state index is 10.9. The Morgan fingerprint density at radius 2 is 2.21 bits per heavy atom. The molecule has 0 unspecified atom stereocenters. The molecule has 1 rings (SSSR count). The minimum absolute atomic E-state index is 0.147. The summed E-state index contributed by atoms with van der Waals surface area (Å²) in [6.07, 6.45) is 0. The molecule has 0 aliphatic heterocycles. The van der Waals surface area contributed by atoms with Crippen molar-refractivity contribution in [1.82, 2.24) is 9.78 Å². The van der Waals surface area contributed by atoms with Crippen molar-refractivity contribution in [3.05, 3.63) is 15.9 Å². The van der Waals surface area contributed by atoms with E-state index in [2.05, 4.69) is 21.0 Å². The van der Waals surface area contributed by atoms with Crippen LogP contribution in [-0.4, -0.2) is 20.9 Å². The van der Waals surface area contributed by atoms with Gasteiger partial charge in [-0.2, -0.15) is 5.10 Å². The van der Waals surface area contributed by atoms with Crippen molar-refractivity contribution in [2.45, 2.75) is 33.2 Å². The van der Waals surface area contributed by atoms with Gasteiger partial charge in [0.2, 0.25) is 0 Å². The van der Waals surface area contributed by atoms with Crippen molar-refractivity contribution < 1.29 is 9.90 Å². The fraction of sp³-hybridized carbons (Fsp3) is 0.556. The van der Waals surface area contributed by atoms with Crippen LogP contribution in [0, 0.1) is 0 Å². The molecule has 0 aliphatic rings. The fourth-order valence-electron chi connectivity index (χ4n) is 1.33. The Morgan fingerprint density at radius 1 is 1.64 bits per heavy atom. The second-order valence-corrected chi connectivity index (χ2v) is 4.08. The lowest BCUT2D eigenvalue weighted by Crippen LogP contribution is -2.03. The Kier molecular flexibility index (Phi) is 3.31. The minimum atomic E-state index is -0.971. The van der Waals surface area contributed by atoms with Gasteiger partial charge in [-0.25, -0.2) is 4.79 Å². The lowest BCUT2D eigenvalue weighted by atomic mass is 10.0. The van der Waals surface area contributed by atoms with Crippen LogP contribution in [0.25, 0.3) is 0 Å². The van der Waals surface area contributed by atoms with Gasteiger partial charge in [0.05, 0.1) is 0 Å². The molecule has 0 aliphatic carbocycles. The third-order valence-electron chi connectivity index (χ3n) is 2.00. The van der Waals surface area contributed by atoms with Gasteiger partial charge in [-0.3, -0.25) is 4.68 Å². The van der Waals surface area contributed by atoms with E-state index in [1.807, 2.05) is 20.8 Å². The van der Waals surface area contributed by atoms with Crippen LogP contribution < -0.4 is 0 Å². The van der Waals surface area contributed by atoms with Gasteiger partial charge in [0, 0.05) is 12.1 Å². The Hall–Kier alpha value is -0.840. The number of hydrogen-bond donors (Lipinski definition) is 1. The lowest BCUT2D eigenvalue weighted by molar-refractivity contribution is 0.0688. The second-order valence-electron chi connectivity index (χ2n) is 3.33. The molecule has 5 heteroatoms. The summed E-state index contributed by atoms with van der Waals surface area (Å²) in [7, 11) is 0. The van der Waals surface area contributed by atoms with Gasteiger partial charge < -0.3 is 5.11 Å². The van der Waals surface area contributed by atoms with E-state index in [4.69, 9.17) is 5.11 Å². The van der Waals surface area contributed by atoms with Crippen molar-refractivity contribution >= 4 is 21.9 Å². The zero-order chi connectivity index (χ0) is 10.9. The number of halogens is 1. The van der Waals surface area contributed by atoms with Crippen LogP contribution in [0.2, 0.25) is 0 Å². The van der Waals surface area contributed by atoms with E-state index in [0.717, 1.165) is 10.2 Å². The molecule has 78 valence electrons. The van der Waals surface area contributed by atoms with E-state index >= 15 is 0 Å². The summed E-state index contributed by atoms with van der Waals surface area (Å²) in [6.45, 7) is 6.49. The van der Waals surface area contributed by atoms with Crippen LogP contribution in [0.4, 0.5) is 0 Å². The van der Waals surface area contributed by atoms with Gasteiger partial charge in [-0.1, -0.05) is 13.8 Å². The fourth-order valence-corrected chi connectivity index (χ4v) is 2.31. The van der Waals surface area contributed by atoms with Gasteiger partial charge in [0.1, 0.15) is 4.60 Å². The summed E-state index contributed by atoms with van der Waals surface area (Å²) >= 11 is 3.37. The van der Waals surface area contributed by atoms with E-state index in [9.17, 15) is 4.79 Å². The number of aryl methyl sites for hydroxylation is 1. The molecule has 0 radical (unpaired) electrons. The first-order chi connectivity index (χ1) is 6.49. The number of carboxylic acid groups (broad SMARTS) is 1. The highest BCUT2D eigenvalue weighted by Gasteiger charge is 2.22. The van der Waals surface area contributed by atoms with E-state index in [-0.39, 0.29) is 11.6 Å². The van der Waals surface area contributed by atoms with Crippen molar-refractivity contribution in [3.63, 3.8) is 0 Å². The average Bonchev–Trinajstić information content (AvgIpc) is 2.42. The molecule has 1 aromatic rings. The van der Waals surface area contributed by atoms with Gasteiger partial charge in [-0.15, -0.1) is 0 Å². The summed E-state index contributed by atoms with van der Waals surface area (Å²) in [5.41, 5.74) is 0.910. The van der Waals surface area contributed by atoms with Crippen LogP contribution in [0.5, 0.6) is 0 Å². The lowest BCUT2D eigenvalue weighted by Gasteiger charge is -2.03. The largest absolute Gasteiger partial charge is 0.476 e. The standard InChI is InChI=1S/C9H13BrN2O2/c1-4-12-8(10)6(5(2)3)7(11-12)9(13)14/h5H,4H2,1-3H3,(H,13,14). The number of carbonyl (C=O) groups is 1. The molecule has 4 nitrogen and oxygen atoms in total. The SMILES string of the molecule is CCn1nc(C(=O)O)c(C(C)C)c1Br. The first kappa shape index (κ1) is 11.2. The van der Waals surface area contributed by atoms with Crippen LogP contribution in [0.1, 0.15) is 42.7 Å². The smallest absolute Gasteiger partial charge is 0.356 e. The quantitative estimate of drug-likeness (QED) is 0.909.